The fraction of sp³-hybridized carbons (Fsp3) is 0.333. The van der Waals surface area contributed by atoms with Gasteiger partial charge < -0.3 is 14.4 Å². The number of nitrogens with zero attached hydrogens (tertiary/aromatic N) is 2. The SMILES string of the molecule is COc1ccc(CC(=O)N=C2S[C@H]3CS(=O)(=O)C[C@H]3N2c2ccc(OC)c(Cl)c2)cc1. The van der Waals surface area contributed by atoms with Gasteiger partial charge >= 0.3 is 0 Å². The lowest BCUT2D eigenvalue weighted by Gasteiger charge is -2.25. The Morgan fingerprint density at radius 2 is 1.90 bits per heavy atom. The topological polar surface area (TPSA) is 85.3 Å². The van der Waals surface area contributed by atoms with E-state index in [-0.39, 0.29) is 35.1 Å². The van der Waals surface area contributed by atoms with Gasteiger partial charge in [-0.25, -0.2) is 8.42 Å². The lowest BCUT2D eigenvalue weighted by molar-refractivity contribution is -0.117. The fourth-order valence-electron chi connectivity index (χ4n) is 3.74. The summed E-state index contributed by atoms with van der Waals surface area (Å²) < 4.78 is 34.8. The molecule has 0 spiro atoms. The van der Waals surface area contributed by atoms with Crippen molar-refractivity contribution in [1.82, 2.24) is 0 Å². The summed E-state index contributed by atoms with van der Waals surface area (Å²) in [7, 11) is -0.0399. The minimum atomic E-state index is -3.15. The van der Waals surface area contributed by atoms with E-state index in [0.717, 1.165) is 5.56 Å². The van der Waals surface area contributed by atoms with Crippen LogP contribution in [0.2, 0.25) is 5.02 Å². The number of rotatable bonds is 5. The molecule has 0 saturated carbocycles. The zero-order chi connectivity index (χ0) is 22.2. The van der Waals surface area contributed by atoms with Crippen molar-refractivity contribution in [2.75, 3.05) is 30.6 Å². The van der Waals surface area contributed by atoms with Crippen LogP contribution in [-0.2, 0) is 21.1 Å². The Balaban J connectivity index is 1.63. The molecule has 2 fully saturated rings. The molecule has 1 amide bonds. The summed E-state index contributed by atoms with van der Waals surface area (Å²) in [5, 5.41) is 0.710. The van der Waals surface area contributed by atoms with Crippen molar-refractivity contribution in [3.8, 4) is 11.5 Å². The first-order chi connectivity index (χ1) is 14.8. The molecule has 31 heavy (non-hydrogen) atoms. The highest BCUT2D eigenvalue weighted by Crippen LogP contribution is 2.42. The van der Waals surface area contributed by atoms with Gasteiger partial charge in [0.15, 0.2) is 15.0 Å². The van der Waals surface area contributed by atoms with Gasteiger partial charge in [-0.05, 0) is 35.9 Å². The predicted molar refractivity (Wildman–Crippen MR) is 123 cm³/mol. The summed E-state index contributed by atoms with van der Waals surface area (Å²) in [5.74, 6) is 1.00. The second-order valence-corrected chi connectivity index (χ2v) is 11.1. The van der Waals surface area contributed by atoms with Crippen LogP contribution in [0.4, 0.5) is 5.69 Å². The molecule has 2 atom stereocenters. The van der Waals surface area contributed by atoms with Crippen LogP contribution in [0.5, 0.6) is 11.5 Å². The number of amides is 1. The molecule has 0 bridgehead atoms. The molecule has 2 saturated heterocycles. The van der Waals surface area contributed by atoms with Crippen LogP contribution in [-0.4, -0.2) is 56.5 Å². The average molecular weight is 481 g/mol. The number of aliphatic imine (C=N–C) groups is 1. The Labute approximate surface area is 190 Å². The summed E-state index contributed by atoms with van der Waals surface area (Å²) in [6.07, 6.45) is 0.138. The van der Waals surface area contributed by atoms with Crippen molar-refractivity contribution in [3.05, 3.63) is 53.1 Å². The maximum atomic E-state index is 12.7. The molecule has 2 aliphatic rings. The van der Waals surface area contributed by atoms with E-state index in [1.807, 2.05) is 17.0 Å². The van der Waals surface area contributed by atoms with Crippen molar-refractivity contribution in [1.29, 1.82) is 0 Å². The zero-order valence-corrected chi connectivity index (χ0v) is 19.3. The first-order valence-electron chi connectivity index (χ1n) is 9.54. The normalized spacial score (nSPS) is 23.1. The van der Waals surface area contributed by atoms with Crippen LogP contribution >= 0.6 is 23.4 Å². The van der Waals surface area contributed by atoms with E-state index in [9.17, 15) is 13.2 Å². The van der Waals surface area contributed by atoms with Crippen molar-refractivity contribution >= 4 is 50.0 Å². The van der Waals surface area contributed by atoms with Crippen LogP contribution in [0.25, 0.3) is 0 Å². The lowest BCUT2D eigenvalue weighted by Crippen LogP contribution is -2.37. The molecule has 10 heteroatoms. The van der Waals surface area contributed by atoms with E-state index in [1.165, 1.54) is 18.9 Å². The number of anilines is 1. The molecule has 0 aliphatic carbocycles. The molecule has 2 aliphatic heterocycles. The maximum absolute atomic E-state index is 12.7. The van der Waals surface area contributed by atoms with Gasteiger partial charge in [0.25, 0.3) is 5.91 Å². The zero-order valence-electron chi connectivity index (χ0n) is 16.9. The molecule has 0 unspecified atom stereocenters. The Kier molecular flexibility index (Phi) is 6.18. The van der Waals surface area contributed by atoms with Crippen molar-refractivity contribution in [3.63, 3.8) is 0 Å². The van der Waals surface area contributed by atoms with Gasteiger partial charge in [0.2, 0.25) is 0 Å². The van der Waals surface area contributed by atoms with Crippen molar-refractivity contribution in [2.24, 2.45) is 4.99 Å². The number of fused-ring (bicyclic) bond motifs is 1. The van der Waals surface area contributed by atoms with Gasteiger partial charge in [-0.2, -0.15) is 4.99 Å². The quantitative estimate of drug-likeness (QED) is 0.649. The molecule has 2 aromatic rings. The first kappa shape index (κ1) is 22.0. The summed E-state index contributed by atoms with van der Waals surface area (Å²) in [6.45, 7) is 0. The average Bonchev–Trinajstić information content (AvgIpc) is 3.19. The van der Waals surface area contributed by atoms with Gasteiger partial charge in [0.1, 0.15) is 11.5 Å². The van der Waals surface area contributed by atoms with E-state index < -0.39 is 9.84 Å². The van der Waals surface area contributed by atoms with Crippen LogP contribution in [0.15, 0.2) is 47.5 Å². The minimum absolute atomic E-state index is 0.0139. The molecule has 2 heterocycles. The molecular formula is C21H21ClN2O5S2. The van der Waals surface area contributed by atoms with Gasteiger partial charge in [-0.3, -0.25) is 4.79 Å². The fourth-order valence-corrected chi connectivity index (χ4v) is 7.92. The smallest absolute Gasteiger partial charge is 0.252 e. The maximum Gasteiger partial charge on any atom is 0.252 e. The molecular weight excluding hydrogens is 460 g/mol. The van der Waals surface area contributed by atoms with Crippen LogP contribution in [0.1, 0.15) is 5.56 Å². The van der Waals surface area contributed by atoms with Gasteiger partial charge in [-0.1, -0.05) is 35.5 Å². The Morgan fingerprint density at radius 1 is 1.16 bits per heavy atom. The summed E-state index contributed by atoms with van der Waals surface area (Å²) in [4.78, 5) is 18.8. The number of hydrogen-bond donors (Lipinski definition) is 0. The number of benzene rings is 2. The highest BCUT2D eigenvalue weighted by Gasteiger charge is 2.49. The molecule has 0 radical (unpaired) electrons. The van der Waals surface area contributed by atoms with Crippen LogP contribution < -0.4 is 14.4 Å². The lowest BCUT2D eigenvalue weighted by atomic mass is 10.1. The van der Waals surface area contributed by atoms with E-state index >= 15 is 0 Å². The molecule has 4 rings (SSSR count). The summed E-state index contributed by atoms with van der Waals surface area (Å²) in [6, 6.07) is 12.1. The number of halogens is 1. The highest BCUT2D eigenvalue weighted by atomic mass is 35.5. The summed E-state index contributed by atoms with van der Waals surface area (Å²) >= 11 is 7.63. The number of carbonyl (C=O) groups excluding carboxylic acids is 1. The van der Waals surface area contributed by atoms with E-state index in [2.05, 4.69) is 4.99 Å². The van der Waals surface area contributed by atoms with Crippen LogP contribution in [0.3, 0.4) is 0 Å². The molecule has 164 valence electrons. The third-order valence-electron chi connectivity index (χ3n) is 5.21. The Hall–Kier alpha value is -2.23. The number of sulfone groups is 1. The third-order valence-corrected chi connectivity index (χ3v) is 8.72. The molecule has 0 N–H and O–H groups in total. The van der Waals surface area contributed by atoms with Crippen molar-refractivity contribution < 1.29 is 22.7 Å². The Morgan fingerprint density at radius 3 is 2.55 bits per heavy atom. The van der Waals surface area contributed by atoms with Gasteiger partial charge in [0.05, 0.1) is 43.2 Å². The molecule has 2 aromatic carbocycles. The summed E-state index contributed by atoms with van der Waals surface area (Å²) in [5.41, 5.74) is 1.50. The molecule has 0 aromatic heterocycles. The van der Waals surface area contributed by atoms with E-state index in [1.54, 1.807) is 37.4 Å². The molecule has 7 nitrogen and oxygen atoms in total. The Bertz CT molecular complexity index is 1130. The standard InChI is InChI=1S/C21H21ClN2O5S2/c1-28-15-6-3-13(4-7-15)9-20(25)23-21-24(14-5-8-18(29-2)16(22)10-14)17-11-31(26,27)12-19(17)30-21/h3-8,10,17,19H,9,11-12H2,1-2H3/t17-,19+/m1/s1. The number of amidine groups is 1. The number of ether oxygens (including phenoxy) is 2. The second kappa shape index (κ2) is 8.72. The highest BCUT2D eigenvalue weighted by molar-refractivity contribution is 8.16. The monoisotopic (exact) mass is 480 g/mol. The van der Waals surface area contributed by atoms with Crippen LogP contribution in [0, 0.1) is 0 Å². The predicted octanol–water partition coefficient (Wildman–Crippen LogP) is 3.20. The van der Waals surface area contributed by atoms with E-state index in [4.69, 9.17) is 21.1 Å². The second-order valence-electron chi connectivity index (χ2n) is 7.30. The van der Waals surface area contributed by atoms with Gasteiger partial charge in [0, 0.05) is 10.9 Å². The number of hydrogen-bond acceptors (Lipinski definition) is 6. The number of thioether (sulfide) groups is 1. The first-order valence-corrected chi connectivity index (χ1v) is 12.6. The van der Waals surface area contributed by atoms with Gasteiger partial charge in [-0.15, -0.1) is 0 Å². The largest absolute Gasteiger partial charge is 0.497 e. The van der Waals surface area contributed by atoms with E-state index in [0.29, 0.717) is 27.4 Å². The number of methoxy groups -OCH3 is 2. The third kappa shape index (κ3) is 4.68. The van der Waals surface area contributed by atoms with Crippen molar-refractivity contribution in [2.45, 2.75) is 17.7 Å². The minimum Gasteiger partial charge on any atom is -0.497 e. The number of carbonyl (C=O) groups is 1.